The standard InChI is InChI=1S/C15H13F2N3O2S/c1-9-18-14-8-11(4-6-15(14)20(9)2)23(21,22)19-10-3-5-12(16)13(17)7-10/h3-8,19H,1-2H3. The molecule has 0 aliphatic heterocycles. The molecule has 8 heteroatoms. The minimum atomic E-state index is -3.93. The highest BCUT2D eigenvalue weighted by molar-refractivity contribution is 7.92. The number of sulfonamides is 1. The molecule has 23 heavy (non-hydrogen) atoms. The Morgan fingerprint density at radius 1 is 1.09 bits per heavy atom. The highest BCUT2D eigenvalue weighted by Crippen LogP contribution is 2.22. The second kappa shape index (κ2) is 5.31. The Hall–Kier alpha value is -2.48. The van der Waals surface area contributed by atoms with Gasteiger partial charge in [-0.05, 0) is 37.3 Å². The van der Waals surface area contributed by atoms with Crippen LogP contribution < -0.4 is 4.72 Å². The van der Waals surface area contributed by atoms with Crippen molar-refractivity contribution in [1.82, 2.24) is 9.55 Å². The van der Waals surface area contributed by atoms with Gasteiger partial charge in [-0.25, -0.2) is 22.2 Å². The lowest BCUT2D eigenvalue weighted by atomic mass is 10.3. The van der Waals surface area contributed by atoms with Crippen LogP contribution in [0.15, 0.2) is 41.3 Å². The van der Waals surface area contributed by atoms with E-state index in [2.05, 4.69) is 9.71 Å². The first kappa shape index (κ1) is 15.4. The fourth-order valence-electron chi connectivity index (χ4n) is 2.24. The van der Waals surface area contributed by atoms with Crippen molar-refractivity contribution in [3.8, 4) is 0 Å². The molecular weight excluding hydrogens is 324 g/mol. The monoisotopic (exact) mass is 337 g/mol. The summed E-state index contributed by atoms with van der Waals surface area (Å²) in [6.07, 6.45) is 0. The van der Waals surface area contributed by atoms with E-state index in [0.29, 0.717) is 5.52 Å². The smallest absolute Gasteiger partial charge is 0.261 e. The van der Waals surface area contributed by atoms with E-state index in [4.69, 9.17) is 0 Å². The molecule has 0 amide bonds. The quantitative estimate of drug-likeness (QED) is 0.799. The Kier molecular flexibility index (Phi) is 3.56. The topological polar surface area (TPSA) is 64.0 Å². The van der Waals surface area contributed by atoms with Crippen LogP contribution in [0.3, 0.4) is 0 Å². The summed E-state index contributed by atoms with van der Waals surface area (Å²) in [5.41, 5.74) is 1.29. The van der Waals surface area contributed by atoms with E-state index in [1.165, 1.54) is 12.1 Å². The predicted molar refractivity (Wildman–Crippen MR) is 82.6 cm³/mol. The first-order valence-corrected chi connectivity index (χ1v) is 8.17. The zero-order valence-electron chi connectivity index (χ0n) is 12.3. The molecule has 1 aromatic heterocycles. The number of aromatic nitrogens is 2. The van der Waals surface area contributed by atoms with E-state index >= 15 is 0 Å². The normalized spacial score (nSPS) is 11.8. The van der Waals surface area contributed by atoms with Crippen molar-refractivity contribution < 1.29 is 17.2 Å². The Morgan fingerprint density at radius 2 is 1.83 bits per heavy atom. The second-order valence-electron chi connectivity index (χ2n) is 5.10. The van der Waals surface area contributed by atoms with Crippen LogP contribution in [-0.2, 0) is 17.1 Å². The van der Waals surface area contributed by atoms with Gasteiger partial charge in [-0.1, -0.05) is 0 Å². The van der Waals surface area contributed by atoms with Gasteiger partial charge in [0, 0.05) is 13.1 Å². The molecule has 1 heterocycles. The highest BCUT2D eigenvalue weighted by atomic mass is 32.2. The molecule has 3 rings (SSSR count). The van der Waals surface area contributed by atoms with E-state index < -0.39 is 21.7 Å². The minimum absolute atomic E-state index is 0.00664. The summed E-state index contributed by atoms with van der Waals surface area (Å²) in [4.78, 5) is 4.27. The summed E-state index contributed by atoms with van der Waals surface area (Å²) in [6.45, 7) is 1.81. The molecule has 0 aliphatic carbocycles. The lowest BCUT2D eigenvalue weighted by molar-refractivity contribution is 0.509. The molecular formula is C15H13F2N3O2S. The minimum Gasteiger partial charge on any atom is -0.331 e. The Bertz CT molecular complexity index is 1010. The molecule has 1 N–H and O–H groups in total. The van der Waals surface area contributed by atoms with Gasteiger partial charge in [-0.15, -0.1) is 0 Å². The van der Waals surface area contributed by atoms with Crippen molar-refractivity contribution in [2.75, 3.05) is 4.72 Å². The molecule has 120 valence electrons. The molecule has 3 aromatic rings. The average Bonchev–Trinajstić information content (AvgIpc) is 2.77. The second-order valence-corrected chi connectivity index (χ2v) is 6.79. The van der Waals surface area contributed by atoms with Crippen LogP contribution in [0.1, 0.15) is 5.82 Å². The molecule has 0 aliphatic rings. The lowest BCUT2D eigenvalue weighted by Gasteiger charge is -2.08. The molecule has 0 radical (unpaired) electrons. The van der Waals surface area contributed by atoms with E-state index in [9.17, 15) is 17.2 Å². The van der Waals surface area contributed by atoms with Gasteiger partial charge in [-0.3, -0.25) is 4.72 Å². The van der Waals surface area contributed by atoms with Crippen LogP contribution in [0.5, 0.6) is 0 Å². The van der Waals surface area contributed by atoms with Gasteiger partial charge in [-0.2, -0.15) is 0 Å². The van der Waals surface area contributed by atoms with Crippen LogP contribution in [0.4, 0.5) is 14.5 Å². The van der Waals surface area contributed by atoms with Gasteiger partial charge in [0.05, 0.1) is 21.6 Å². The maximum atomic E-state index is 13.2. The van der Waals surface area contributed by atoms with Crippen LogP contribution in [0.2, 0.25) is 0 Å². The van der Waals surface area contributed by atoms with Crippen molar-refractivity contribution in [3.63, 3.8) is 0 Å². The molecule has 0 atom stereocenters. The number of imidazole rings is 1. The summed E-state index contributed by atoms with van der Waals surface area (Å²) >= 11 is 0. The zero-order chi connectivity index (χ0) is 16.8. The fourth-order valence-corrected chi connectivity index (χ4v) is 3.31. The van der Waals surface area contributed by atoms with Crippen LogP contribution >= 0.6 is 0 Å². The number of nitrogens with zero attached hydrogens (tertiary/aromatic N) is 2. The summed E-state index contributed by atoms with van der Waals surface area (Å²) < 4.78 is 54.9. The molecule has 5 nitrogen and oxygen atoms in total. The van der Waals surface area contributed by atoms with E-state index in [1.807, 2.05) is 18.5 Å². The van der Waals surface area contributed by atoms with E-state index in [0.717, 1.165) is 29.5 Å². The molecule has 0 fully saturated rings. The summed E-state index contributed by atoms with van der Waals surface area (Å²) in [7, 11) is -2.09. The van der Waals surface area contributed by atoms with Crippen molar-refractivity contribution >= 4 is 26.7 Å². The first-order valence-electron chi connectivity index (χ1n) is 6.69. The number of rotatable bonds is 3. The van der Waals surface area contributed by atoms with Crippen molar-refractivity contribution in [1.29, 1.82) is 0 Å². The van der Waals surface area contributed by atoms with Crippen LogP contribution in [-0.4, -0.2) is 18.0 Å². The molecule has 2 aromatic carbocycles. The first-order chi connectivity index (χ1) is 10.8. The van der Waals surface area contributed by atoms with Gasteiger partial charge < -0.3 is 4.57 Å². The SMILES string of the molecule is Cc1nc2cc(S(=O)(=O)Nc3ccc(F)c(F)c3)ccc2n1C. The molecule has 0 spiro atoms. The van der Waals surface area contributed by atoms with Crippen molar-refractivity contribution in [2.24, 2.45) is 7.05 Å². The Labute approximate surface area is 131 Å². The van der Waals surface area contributed by atoms with Gasteiger partial charge in [0.25, 0.3) is 10.0 Å². The molecule has 0 bridgehead atoms. The summed E-state index contributed by atoms with van der Waals surface area (Å²) in [5, 5.41) is 0. The lowest BCUT2D eigenvalue weighted by Crippen LogP contribution is -2.13. The Balaban J connectivity index is 2.00. The third kappa shape index (κ3) is 2.77. The number of nitrogens with one attached hydrogen (secondary N) is 1. The van der Waals surface area contributed by atoms with E-state index in [1.54, 1.807) is 6.07 Å². The third-order valence-corrected chi connectivity index (χ3v) is 4.94. The number of halogens is 2. The van der Waals surface area contributed by atoms with Crippen LogP contribution in [0.25, 0.3) is 11.0 Å². The maximum absolute atomic E-state index is 13.2. The number of benzene rings is 2. The summed E-state index contributed by atoms with van der Waals surface area (Å²) in [5.74, 6) is -1.41. The fraction of sp³-hybridized carbons (Fsp3) is 0.133. The molecule has 0 saturated heterocycles. The van der Waals surface area contributed by atoms with Crippen LogP contribution in [0, 0.1) is 18.6 Å². The maximum Gasteiger partial charge on any atom is 0.261 e. The third-order valence-electron chi connectivity index (χ3n) is 3.56. The molecule has 0 unspecified atom stereocenters. The zero-order valence-corrected chi connectivity index (χ0v) is 13.2. The largest absolute Gasteiger partial charge is 0.331 e. The number of hydrogen-bond acceptors (Lipinski definition) is 3. The summed E-state index contributed by atoms with van der Waals surface area (Å²) in [6, 6.07) is 7.32. The van der Waals surface area contributed by atoms with Gasteiger partial charge in [0.15, 0.2) is 11.6 Å². The predicted octanol–water partition coefficient (Wildman–Crippen LogP) is 2.96. The van der Waals surface area contributed by atoms with Gasteiger partial charge in [0.2, 0.25) is 0 Å². The number of fused-ring (bicyclic) bond motifs is 1. The Morgan fingerprint density at radius 3 is 2.52 bits per heavy atom. The highest BCUT2D eigenvalue weighted by Gasteiger charge is 2.17. The van der Waals surface area contributed by atoms with Gasteiger partial charge in [0.1, 0.15) is 5.82 Å². The molecule has 0 saturated carbocycles. The number of hydrogen-bond donors (Lipinski definition) is 1. The number of anilines is 1. The van der Waals surface area contributed by atoms with Crippen molar-refractivity contribution in [2.45, 2.75) is 11.8 Å². The van der Waals surface area contributed by atoms with Gasteiger partial charge >= 0.3 is 0 Å². The average molecular weight is 337 g/mol. The van der Waals surface area contributed by atoms with E-state index in [-0.39, 0.29) is 10.6 Å². The van der Waals surface area contributed by atoms with Crippen molar-refractivity contribution in [3.05, 3.63) is 53.9 Å². The number of aryl methyl sites for hydroxylation is 2.